The summed E-state index contributed by atoms with van der Waals surface area (Å²) in [4.78, 5) is 28.7. The van der Waals surface area contributed by atoms with Crippen molar-refractivity contribution >= 4 is 17.5 Å². The number of nitrogens with one attached hydrogen (secondary N) is 1. The number of hydrogen-bond acceptors (Lipinski definition) is 3. The first-order valence-electron chi connectivity index (χ1n) is 9.59. The van der Waals surface area contributed by atoms with Crippen molar-refractivity contribution in [3.05, 3.63) is 65.5 Å². The Bertz CT molecular complexity index is 811. The summed E-state index contributed by atoms with van der Waals surface area (Å²) in [6.45, 7) is 6.98. The van der Waals surface area contributed by atoms with Crippen molar-refractivity contribution in [3.63, 3.8) is 0 Å². The predicted octanol–water partition coefficient (Wildman–Crippen LogP) is 3.35. The summed E-state index contributed by atoms with van der Waals surface area (Å²) in [6, 6.07) is 13.5. The van der Waals surface area contributed by atoms with Gasteiger partial charge >= 0.3 is 0 Å². The molecule has 0 spiro atoms. The molecule has 148 valence electrons. The van der Waals surface area contributed by atoms with Gasteiger partial charge in [0.1, 0.15) is 5.82 Å². The SMILES string of the molecule is CC(C)c1ccc(C(=O)N2CCN(CC(=O)Nc3ccc(F)cc3)CC2)cc1. The van der Waals surface area contributed by atoms with E-state index in [0.717, 1.165) is 0 Å². The van der Waals surface area contributed by atoms with E-state index in [1.54, 1.807) is 0 Å². The smallest absolute Gasteiger partial charge is 0.253 e. The van der Waals surface area contributed by atoms with Gasteiger partial charge in [-0.15, -0.1) is 0 Å². The fourth-order valence-electron chi connectivity index (χ4n) is 3.24. The molecule has 1 aliphatic heterocycles. The quantitative estimate of drug-likeness (QED) is 0.862. The third kappa shape index (κ3) is 5.16. The molecule has 1 heterocycles. The van der Waals surface area contributed by atoms with Crippen molar-refractivity contribution in [1.82, 2.24) is 9.80 Å². The maximum atomic E-state index is 12.9. The van der Waals surface area contributed by atoms with E-state index in [2.05, 4.69) is 19.2 Å². The van der Waals surface area contributed by atoms with Crippen molar-refractivity contribution < 1.29 is 14.0 Å². The van der Waals surface area contributed by atoms with Gasteiger partial charge in [0.15, 0.2) is 0 Å². The number of anilines is 1. The van der Waals surface area contributed by atoms with E-state index in [1.807, 2.05) is 34.1 Å². The summed E-state index contributed by atoms with van der Waals surface area (Å²) < 4.78 is 12.9. The Morgan fingerprint density at radius 2 is 1.57 bits per heavy atom. The minimum atomic E-state index is -0.336. The Morgan fingerprint density at radius 3 is 2.14 bits per heavy atom. The van der Waals surface area contributed by atoms with E-state index in [1.165, 1.54) is 29.8 Å². The van der Waals surface area contributed by atoms with Crippen LogP contribution < -0.4 is 5.32 Å². The number of benzene rings is 2. The molecule has 1 aliphatic rings. The van der Waals surface area contributed by atoms with Crippen LogP contribution in [0.1, 0.15) is 35.7 Å². The minimum Gasteiger partial charge on any atom is -0.336 e. The fraction of sp³-hybridized carbons (Fsp3) is 0.364. The molecular formula is C22H26FN3O2. The molecule has 1 N–H and O–H groups in total. The minimum absolute atomic E-state index is 0.0331. The maximum Gasteiger partial charge on any atom is 0.253 e. The number of carbonyl (C=O) groups is 2. The highest BCUT2D eigenvalue weighted by molar-refractivity contribution is 5.94. The van der Waals surface area contributed by atoms with E-state index in [9.17, 15) is 14.0 Å². The highest BCUT2D eigenvalue weighted by atomic mass is 19.1. The second-order valence-electron chi connectivity index (χ2n) is 7.40. The van der Waals surface area contributed by atoms with Crippen molar-refractivity contribution in [2.45, 2.75) is 19.8 Å². The van der Waals surface area contributed by atoms with Gasteiger partial charge in [-0.3, -0.25) is 14.5 Å². The zero-order valence-corrected chi connectivity index (χ0v) is 16.3. The summed E-state index contributed by atoms with van der Waals surface area (Å²) in [6.07, 6.45) is 0. The van der Waals surface area contributed by atoms with Crippen LogP contribution >= 0.6 is 0 Å². The van der Waals surface area contributed by atoms with Crippen molar-refractivity contribution in [1.29, 1.82) is 0 Å². The van der Waals surface area contributed by atoms with E-state index in [0.29, 0.717) is 43.3 Å². The Balaban J connectivity index is 1.47. The van der Waals surface area contributed by atoms with Gasteiger partial charge in [-0.2, -0.15) is 0 Å². The zero-order valence-electron chi connectivity index (χ0n) is 16.3. The molecule has 0 bridgehead atoms. The van der Waals surface area contributed by atoms with Gasteiger partial charge in [-0.05, 0) is 47.9 Å². The first kappa shape index (κ1) is 20.0. The molecule has 0 aliphatic carbocycles. The van der Waals surface area contributed by atoms with E-state index < -0.39 is 0 Å². The van der Waals surface area contributed by atoms with E-state index >= 15 is 0 Å². The van der Waals surface area contributed by atoms with Gasteiger partial charge in [0.2, 0.25) is 5.91 Å². The number of rotatable bonds is 5. The van der Waals surface area contributed by atoms with Gasteiger partial charge in [0, 0.05) is 37.4 Å². The summed E-state index contributed by atoms with van der Waals surface area (Å²) in [5.41, 5.74) is 2.49. The topological polar surface area (TPSA) is 52.7 Å². The highest BCUT2D eigenvalue weighted by Crippen LogP contribution is 2.16. The van der Waals surface area contributed by atoms with Crippen LogP contribution in [0.3, 0.4) is 0 Å². The summed E-state index contributed by atoms with van der Waals surface area (Å²) in [7, 11) is 0. The molecule has 0 atom stereocenters. The van der Waals surface area contributed by atoms with Gasteiger partial charge < -0.3 is 10.2 Å². The van der Waals surface area contributed by atoms with Gasteiger partial charge in [0.25, 0.3) is 5.91 Å². The molecule has 2 amide bonds. The van der Waals surface area contributed by atoms with Crippen LogP contribution in [0.25, 0.3) is 0 Å². The van der Waals surface area contributed by atoms with E-state index in [-0.39, 0.29) is 24.2 Å². The molecule has 28 heavy (non-hydrogen) atoms. The molecule has 1 saturated heterocycles. The molecule has 0 saturated carbocycles. The first-order chi connectivity index (χ1) is 13.4. The zero-order chi connectivity index (χ0) is 20.1. The average Bonchev–Trinajstić information content (AvgIpc) is 2.70. The first-order valence-corrected chi connectivity index (χ1v) is 9.59. The molecular weight excluding hydrogens is 357 g/mol. The van der Waals surface area contributed by atoms with Crippen LogP contribution in [-0.4, -0.2) is 54.3 Å². The third-order valence-electron chi connectivity index (χ3n) is 4.98. The van der Waals surface area contributed by atoms with Crippen LogP contribution in [0.15, 0.2) is 48.5 Å². The van der Waals surface area contributed by atoms with Crippen molar-refractivity contribution in [2.24, 2.45) is 0 Å². The lowest BCUT2D eigenvalue weighted by molar-refractivity contribution is -0.117. The second kappa shape index (κ2) is 8.97. The number of halogens is 1. The van der Waals surface area contributed by atoms with Gasteiger partial charge in [0.05, 0.1) is 6.54 Å². The van der Waals surface area contributed by atoms with Crippen molar-refractivity contribution in [3.8, 4) is 0 Å². The highest BCUT2D eigenvalue weighted by Gasteiger charge is 2.23. The lowest BCUT2D eigenvalue weighted by Crippen LogP contribution is -2.50. The molecule has 1 fully saturated rings. The summed E-state index contributed by atoms with van der Waals surface area (Å²) in [5.74, 6) is -0.00670. The second-order valence-corrected chi connectivity index (χ2v) is 7.40. The molecule has 0 unspecified atom stereocenters. The van der Waals surface area contributed by atoms with Crippen LogP contribution in [0.5, 0.6) is 0 Å². The molecule has 2 aromatic rings. The fourth-order valence-corrected chi connectivity index (χ4v) is 3.24. The number of nitrogens with zero attached hydrogens (tertiary/aromatic N) is 2. The van der Waals surface area contributed by atoms with Gasteiger partial charge in [-0.25, -0.2) is 4.39 Å². The monoisotopic (exact) mass is 383 g/mol. The normalized spacial score (nSPS) is 14.9. The predicted molar refractivity (Wildman–Crippen MR) is 108 cm³/mol. The Kier molecular flexibility index (Phi) is 6.41. The largest absolute Gasteiger partial charge is 0.336 e. The summed E-state index contributed by atoms with van der Waals surface area (Å²) >= 11 is 0. The lowest BCUT2D eigenvalue weighted by atomic mass is 10.0. The van der Waals surface area contributed by atoms with Crippen LogP contribution in [0.4, 0.5) is 10.1 Å². The third-order valence-corrected chi connectivity index (χ3v) is 4.98. The number of amides is 2. The van der Waals surface area contributed by atoms with Crippen LogP contribution in [0.2, 0.25) is 0 Å². The standard InChI is InChI=1S/C22H26FN3O2/c1-16(2)17-3-5-18(6-4-17)22(28)26-13-11-25(12-14-26)15-21(27)24-20-9-7-19(23)8-10-20/h3-10,16H,11-15H2,1-2H3,(H,24,27). The number of carbonyl (C=O) groups excluding carboxylic acids is 2. The molecule has 5 nitrogen and oxygen atoms in total. The molecule has 0 aromatic heterocycles. The average molecular weight is 383 g/mol. The van der Waals surface area contributed by atoms with Crippen LogP contribution in [-0.2, 0) is 4.79 Å². The lowest BCUT2D eigenvalue weighted by Gasteiger charge is -2.34. The number of piperazine rings is 1. The van der Waals surface area contributed by atoms with Crippen molar-refractivity contribution in [2.75, 3.05) is 38.0 Å². The Morgan fingerprint density at radius 1 is 0.964 bits per heavy atom. The van der Waals surface area contributed by atoms with Gasteiger partial charge in [-0.1, -0.05) is 26.0 Å². The summed E-state index contributed by atoms with van der Waals surface area (Å²) in [5, 5.41) is 2.76. The molecule has 2 aromatic carbocycles. The molecule has 6 heteroatoms. The Hall–Kier alpha value is -2.73. The van der Waals surface area contributed by atoms with Crippen LogP contribution in [0, 0.1) is 5.82 Å². The molecule has 0 radical (unpaired) electrons. The van der Waals surface area contributed by atoms with E-state index in [4.69, 9.17) is 0 Å². The maximum absolute atomic E-state index is 12.9. The number of hydrogen-bond donors (Lipinski definition) is 1. The Labute approximate surface area is 165 Å². The molecule has 3 rings (SSSR count).